The highest BCUT2D eigenvalue weighted by Gasteiger charge is 2.28. The maximum Gasteiger partial charge on any atom is 0.227 e. The highest BCUT2D eigenvalue weighted by atomic mass is 16.2. The van der Waals surface area contributed by atoms with E-state index >= 15 is 0 Å². The second-order valence-corrected chi connectivity index (χ2v) is 7.70. The molecule has 5 nitrogen and oxygen atoms in total. The van der Waals surface area contributed by atoms with Crippen LogP contribution in [0.4, 0.5) is 0 Å². The van der Waals surface area contributed by atoms with Crippen molar-refractivity contribution in [2.24, 2.45) is 0 Å². The Balaban J connectivity index is 1.39. The van der Waals surface area contributed by atoms with Gasteiger partial charge in [-0.15, -0.1) is 0 Å². The molecule has 4 heterocycles. The molecule has 1 amide bonds. The number of likely N-dealkylation sites (tertiary alicyclic amines) is 2. The van der Waals surface area contributed by atoms with Gasteiger partial charge in [-0.3, -0.25) is 4.79 Å². The smallest absolute Gasteiger partial charge is 0.227 e. The van der Waals surface area contributed by atoms with E-state index in [0.717, 1.165) is 49.1 Å². The molecule has 2 aromatic heterocycles. The number of aromatic nitrogens is 2. The van der Waals surface area contributed by atoms with Crippen molar-refractivity contribution in [1.29, 1.82) is 0 Å². The standard InChI is InChI=1S/C21H30N4O/c1-2-23-16-17(19-7-6-10-22-21(19)23)15-20(26)25-13-8-18(9-14-25)24-11-4-3-5-12-24/h6-7,10,16,18H,2-5,8-9,11-15H2,1H3. The summed E-state index contributed by atoms with van der Waals surface area (Å²) in [6, 6.07) is 4.73. The van der Waals surface area contributed by atoms with Crippen molar-refractivity contribution in [3.8, 4) is 0 Å². The second-order valence-electron chi connectivity index (χ2n) is 7.70. The van der Waals surface area contributed by atoms with Gasteiger partial charge in [0, 0.05) is 43.5 Å². The van der Waals surface area contributed by atoms with Gasteiger partial charge >= 0.3 is 0 Å². The maximum absolute atomic E-state index is 12.9. The fourth-order valence-electron chi connectivity index (χ4n) is 4.62. The van der Waals surface area contributed by atoms with Gasteiger partial charge in [-0.1, -0.05) is 6.42 Å². The van der Waals surface area contributed by atoms with Crippen LogP contribution in [-0.4, -0.2) is 57.5 Å². The van der Waals surface area contributed by atoms with Gasteiger partial charge in [0.15, 0.2) is 0 Å². The zero-order valence-electron chi connectivity index (χ0n) is 15.9. The first kappa shape index (κ1) is 17.5. The Morgan fingerprint density at radius 3 is 2.65 bits per heavy atom. The molecule has 2 aromatic rings. The molecule has 2 aliphatic heterocycles. The predicted octanol–water partition coefficient (Wildman–Crippen LogP) is 3.08. The Labute approximate surface area is 156 Å². The number of hydrogen-bond acceptors (Lipinski definition) is 3. The SMILES string of the molecule is CCn1cc(CC(=O)N2CCC(N3CCCCC3)CC2)c2cccnc21. The Bertz CT molecular complexity index is 754. The molecular formula is C21H30N4O. The third-order valence-electron chi connectivity index (χ3n) is 6.12. The highest BCUT2D eigenvalue weighted by Crippen LogP contribution is 2.23. The summed E-state index contributed by atoms with van der Waals surface area (Å²) in [5.74, 6) is 0.265. The maximum atomic E-state index is 12.9. The molecule has 0 radical (unpaired) electrons. The van der Waals surface area contributed by atoms with Crippen molar-refractivity contribution < 1.29 is 4.79 Å². The molecule has 0 saturated carbocycles. The van der Waals surface area contributed by atoms with E-state index < -0.39 is 0 Å². The lowest BCUT2D eigenvalue weighted by Gasteiger charge is -2.40. The molecule has 0 aromatic carbocycles. The first-order valence-corrected chi connectivity index (χ1v) is 10.2. The molecule has 0 unspecified atom stereocenters. The quantitative estimate of drug-likeness (QED) is 0.847. The zero-order chi connectivity index (χ0) is 17.9. The minimum Gasteiger partial charge on any atom is -0.342 e. The molecule has 5 heteroatoms. The fourth-order valence-corrected chi connectivity index (χ4v) is 4.62. The molecule has 26 heavy (non-hydrogen) atoms. The number of piperidine rings is 2. The van der Waals surface area contributed by atoms with E-state index in [4.69, 9.17) is 0 Å². The monoisotopic (exact) mass is 354 g/mol. The summed E-state index contributed by atoms with van der Waals surface area (Å²) in [6.45, 7) is 7.31. The van der Waals surface area contributed by atoms with Crippen LogP contribution in [0.3, 0.4) is 0 Å². The summed E-state index contributed by atoms with van der Waals surface area (Å²) in [5.41, 5.74) is 2.10. The molecule has 0 atom stereocenters. The summed E-state index contributed by atoms with van der Waals surface area (Å²) in [6.07, 6.45) is 10.7. The van der Waals surface area contributed by atoms with Crippen molar-refractivity contribution in [3.63, 3.8) is 0 Å². The van der Waals surface area contributed by atoms with Crippen LogP contribution in [0.1, 0.15) is 44.6 Å². The van der Waals surface area contributed by atoms with Gasteiger partial charge in [-0.05, 0) is 63.4 Å². The van der Waals surface area contributed by atoms with Crippen LogP contribution < -0.4 is 0 Å². The van der Waals surface area contributed by atoms with Gasteiger partial charge in [0.2, 0.25) is 5.91 Å². The number of fused-ring (bicyclic) bond motifs is 1. The summed E-state index contributed by atoms with van der Waals surface area (Å²) in [4.78, 5) is 22.1. The zero-order valence-corrected chi connectivity index (χ0v) is 15.9. The van der Waals surface area contributed by atoms with E-state index in [1.165, 1.54) is 32.4 Å². The van der Waals surface area contributed by atoms with Gasteiger partial charge < -0.3 is 14.4 Å². The molecule has 0 spiro atoms. The molecule has 0 N–H and O–H groups in total. The highest BCUT2D eigenvalue weighted by molar-refractivity contribution is 5.87. The average molecular weight is 354 g/mol. The van der Waals surface area contributed by atoms with Crippen LogP contribution >= 0.6 is 0 Å². The lowest BCUT2D eigenvalue weighted by Crippen LogP contribution is -2.48. The summed E-state index contributed by atoms with van der Waals surface area (Å²) >= 11 is 0. The number of hydrogen-bond donors (Lipinski definition) is 0. The molecular weight excluding hydrogens is 324 g/mol. The molecule has 140 valence electrons. The number of aryl methyl sites for hydroxylation is 1. The Morgan fingerprint density at radius 2 is 1.92 bits per heavy atom. The molecule has 2 fully saturated rings. The Kier molecular flexibility index (Phi) is 5.25. The topological polar surface area (TPSA) is 41.4 Å². The minimum atomic E-state index is 0.265. The van der Waals surface area contributed by atoms with Crippen molar-refractivity contribution in [2.75, 3.05) is 26.2 Å². The van der Waals surface area contributed by atoms with Gasteiger partial charge in [0.25, 0.3) is 0 Å². The molecule has 2 aliphatic rings. The predicted molar refractivity (Wildman–Crippen MR) is 104 cm³/mol. The first-order valence-electron chi connectivity index (χ1n) is 10.2. The summed E-state index contributed by atoms with van der Waals surface area (Å²) < 4.78 is 2.14. The number of pyridine rings is 1. The Hall–Kier alpha value is -1.88. The Morgan fingerprint density at radius 1 is 1.15 bits per heavy atom. The number of nitrogens with zero attached hydrogens (tertiary/aromatic N) is 4. The summed E-state index contributed by atoms with van der Waals surface area (Å²) in [5, 5.41) is 1.12. The molecule has 2 saturated heterocycles. The van der Waals surface area contributed by atoms with Crippen molar-refractivity contribution >= 4 is 16.9 Å². The van der Waals surface area contributed by atoms with Gasteiger partial charge in [-0.25, -0.2) is 4.98 Å². The van der Waals surface area contributed by atoms with Crippen LogP contribution in [0.2, 0.25) is 0 Å². The van der Waals surface area contributed by atoms with Crippen molar-refractivity contribution in [3.05, 3.63) is 30.1 Å². The number of rotatable bonds is 4. The lowest BCUT2D eigenvalue weighted by atomic mass is 9.99. The minimum absolute atomic E-state index is 0.265. The van der Waals surface area contributed by atoms with Crippen molar-refractivity contribution in [2.45, 2.75) is 58.0 Å². The average Bonchev–Trinajstić information content (AvgIpc) is 3.06. The number of amides is 1. The third-order valence-corrected chi connectivity index (χ3v) is 6.12. The molecule has 0 bridgehead atoms. The van der Waals surface area contributed by atoms with Crippen LogP contribution in [0.25, 0.3) is 11.0 Å². The number of carbonyl (C=O) groups excluding carboxylic acids is 1. The van der Waals surface area contributed by atoms with E-state index in [9.17, 15) is 4.79 Å². The van der Waals surface area contributed by atoms with E-state index in [1.54, 1.807) is 0 Å². The van der Waals surface area contributed by atoms with E-state index in [2.05, 4.69) is 38.5 Å². The molecule has 4 rings (SSSR count). The van der Waals surface area contributed by atoms with Crippen LogP contribution in [0, 0.1) is 0 Å². The van der Waals surface area contributed by atoms with Crippen molar-refractivity contribution in [1.82, 2.24) is 19.4 Å². The van der Waals surface area contributed by atoms with Crippen LogP contribution in [-0.2, 0) is 17.8 Å². The first-order chi connectivity index (χ1) is 12.8. The van der Waals surface area contributed by atoms with Gasteiger partial charge in [0.1, 0.15) is 5.65 Å². The second kappa shape index (κ2) is 7.78. The van der Waals surface area contributed by atoms with E-state index in [1.807, 2.05) is 12.3 Å². The summed E-state index contributed by atoms with van der Waals surface area (Å²) in [7, 11) is 0. The largest absolute Gasteiger partial charge is 0.342 e. The third kappa shape index (κ3) is 3.50. The van der Waals surface area contributed by atoms with Crippen LogP contribution in [0.5, 0.6) is 0 Å². The normalized spacial score (nSPS) is 20.0. The lowest BCUT2D eigenvalue weighted by molar-refractivity contribution is -0.132. The fraction of sp³-hybridized carbons (Fsp3) is 0.619. The van der Waals surface area contributed by atoms with Crippen LogP contribution in [0.15, 0.2) is 24.5 Å². The molecule has 0 aliphatic carbocycles. The van der Waals surface area contributed by atoms with Gasteiger partial charge in [-0.2, -0.15) is 0 Å². The van der Waals surface area contributed by atoms with Gasteiger partial charge in [0.05, 0.1) is 6.42 Å². The van der Waals surface area contributed by atoms with E-state index in [0.29, 0.717) is 12.5 Å². The van der Waals surface area contributed by atoms with E-state index in [-0.39, 0.29) is 5.91 Å². The number of carbonyl (C=O) groups is 1.